The van der Waals surface area contributed by atoms with Gasteiger partial charge in [-0.05, 0) is 37.1 Å². The normalized spacial score (nSPS) is 32.2. The van der Waals surface area contributed by atoms with Crippen molar-refractivity contribution in [3.63, 3.8) is 0 Å². The Labute approximate surface area is 268 Å². The molecular weight excluding hydrogens is 596 g/mol. The predicted molar refractivity (Wildman–Crippen MR) is 165 cm³/mol. The minimum absolute atomic E-state index is 0.0158. The van der Waals surface area contributed by atoms with Crippen molar-refractivity contribution < 1.29 is 47.5 Å². The number of nitrogens with zero attached hydrogens (tertiary/aromatic N) is 2. The number of allylic oxidation sites excluding steroid dienone is 1. The van der Waals surface area contributed by atoms with Gasteiger partial charge in [-0.3, -0.25) is 9.69 Å². The Morgan fingerprint density at radius 1 is 0.935 bits per heavy atom. The molecule has 0 radical (unpaired) electrons. The number of rotatable bonds is 9. The van der Waals surface area contributed by atoms with Crippen LogP contribution in [0, 0.1) is 11.3 Å². The molecule has 5 aliphatic rings. The Balaban J connectivity index is 1.43. The summed E-state index contributed by atoms with van der Waals surface area (Å²) in [5, 5.41) is 0. The number of esters is 2. The standard InChI is InChI=1S/C34H40N2O10/c1-9-18-16-36-27-13-20(18)32(31(38)44-8,17-45-30(37)19-10-25(41-5)29(43-7)26(11-19)42-6)33-15-28(36)46-34(27,33)35(2)22-14-24(40-4)23(39-3)12-21(22)33/h9-12,14,20,27-28H,13,15-17H2,1-8H3/b18-9-/t20-,27-,28-,32-,33-,34-/m0/s1. The first-order chi connectivity index (χ1) is 22.2. The van der Waals surface area contributed by atoms with Crippen molar-refractivity contribution in [3.05, 3.63) is 47.0 Å². The average Bonchev–Trinajstić information content (AvgIpc) is 3.70. The van der Waals surface area contributed by atoms with Crippen LogP contribution in [0.25, 0.3) is 0 Å². The number of hydrogen-bond acceptors (Lipinski definition) is 12. The molecule has 0 aromatic heterocycles. The van der Waals surface area contributed by atoms with E-state index >= 15 is 0 Å². The predicted octanol–water partition coefficient (Wildman–Crippen LogP) is 3.54. The fourth-order valence-corrected chi connectivity index (χ4v) is 9.58. The van der Waals surface area contributed by atoms with Gasteiger partial charge in [-0.2, -0.15) is 0 Å². The van der Waals surface area contributed by atoms with Crippen molar-refractivity contribution in [2.75, 3.05) is 67.8 Å². The number of carbonyl (C=O) groups is 2. The lowest BCUT2D eigenvalue weighted by Crippen LogP contribution is -2.80. The minimum Gasteiger partial charge on any atom is -0.493 e. The van der Waals surface area contributed by atoms with Crippen LogP contribution in [0.5, 0.6) is 28.7 Å². The zero-order valence-electron chi connectivity index (χ0n) is 27.4. The van der Waals surface area contributed by atoms with Gasteiger partial charge >= 0.3 is 11.9 Å². The number of anilines is 1. The number of hydrogen-bond donors (Lipinski definition) is 0. The van der Waals surface area contributed by atoms with E-state index in [1.165, 1.54) is 40.6 Å². The highest BCUT2D eigenvalue weighted by atomic mass is 16.6. The van der Waals surface area contributed by atoms with Crippen LogP contribution in [-0.2, 0) is 24.4 Å². The third-order valence-corrected chi connectivity index (χ3v) is 11.3. The molecule has 4 fully saturated rings. The largest absolute Gasteiger partial charge is 0.493 e. The summed E-state index contributed by atoms with van der Waals surface area (Å²) in [5.41, 5.74) is -0.207. The van der Waals surface area contributed by atoms with Crippen LogP contribution in [0.3, 0.4) is 0 Å². The first kappa shape index (κ1) is 30.5. The summed E-state index contributed by atoms with van der Waals surface area (Å²) in [7, 11) is 11.0. The summed E-state index contributed by atoms with van der Waals surface area (Å²) >= 11 is 0. The molecule has 246 valence electrons. The van der Waals surface area contributed by atoms with Gasteiger partial charge in [0, 0.05) is 37.7 Å². The van der Waals surface area contributed by atoms with E-state index < -0.39 is 28.5 Å². The van der Waals surface area contributed by atoms with E-state index in [1.54, 1.807) is 14.2 Å². The Kier molecular flexibility index (Phi) is 6.91. The Bertz CT molecular complexity index is 1630. The van der Waals surface area contributed by atoms with E-state index in [1.807, 2.05) is 26.1 Å². The van der Waals surface area contributed by atoms with Crippen LogP contribution in [-0.4, -0.2) is 97.7 Å². The number of methoxy groups -OCH3 is 6. The molecule has 12 heteroatoms. The molecule has 0 amide bonds. The molecule has 4 heterocycles. The number of piperidine rings is 2. The molecule has 2 aromatic rings. The van der Waals surface area contributed by atoms with Gasteiger partial charge < -0.3 is 42.8 Å². The van der Waals surface area contributed by atoms with Crippen LogP contribution in [0.1, 0.15) is 35.7 Å². The summed E-state index contributed by atoms with van der Waals surface area (Å²) in [5.74, 6) is 0.702. The second-order valence-electron chi connectivity index (χ2n) is 12.5. The van der Waals surface area contributed by atoms with Crippen LogP contribution in [0.4, 0.5) is 5.69 Å². The van der Waals surface area contributed by atoms with Crippen LogP contribution >= 0.6 is 0 Å². The smallest absolute Gasteiger partial charge is 0.338 e. The summed E-state index contributed by atoms with van der Waals surface area (Å²) in [4.78, 5) is 33.3. The Morgan fingerprint density at radius 3 is 2.17 bits per heavy atom. The Morgan fingerprint density at radius 2 is 1.59 bits per heavy atom. The lowest BCUT2D eigenvalue weighted by molar-refractivity contribution is -0.194. The van der Waals surface area contributed by atoms with Crippen molar-refractivity contribution in [1.29, 1.82) is 0 Å². The summed E-state index contributed by atoms with van der Waals surface area (Å²) in [6.07, 6.45) is 2.96. The number of fused-ring (bicyclic) bond motifs is 4. The molecule has 46 heavy (non-hydrogen) atoms. The Hall–Kier alpha value is -4.16. The average molecular weight is 637 g/mol. The third kappa shape index (κ3) is 3.36. The van der Waals surface area contributed by atoms with Crippen molar-refractivity contribution in [1.82, 2.24) is 4.90 Å². The lowest BCUT2D eigenvalue weighted by atomic mass is 9.42. The summed E-state index contributed by atoms with van der Waals surface area (Å²) in [6, 6.07) is 6.97. The van der Waals surface area contributed by atoms with Gasteiger partial charge in [0.2, 0.25) is 5.75 Å². The highest BCUT2D eigenvalue weighted by molar-refractivity contribution is 5.92. The van der Waals surface area contributed by atoms with Crippen LogP contribution in [0.2, 0.25) is 0 Å². The van der Waals surface area contributed by atoms with Crippen molar-refractivity contribution in [2.24, 2.45) is 11.3 Å². The van der Waals surface area contributed by atoms with Crippen molar-refractivity contribution in [3.8, 4) is 28.7 Å². The fourth-order valence-electron chi connectivity index (χ4n) is 9.58. The SMILES string of the molecule is C/C=C1/CN2[C@@H]3C[C@@]45c6cc(OC)c(OC)cc6N(C)[C@]4(O3)[C@@H]2C[C@@H]1[C@@]5(COC(=O)c1cc(OC)c(OC)c(OC)c1)C(=O)OC. The number of ether oxygens (including phenoxy) is 8. The third-order valence-electron chi connectivity index (χ3n) is 11.3. The number of carbonyl (C=O) groups excluding carboxylic acids is 2. The van der Waals surface area contributed by atoms with Gasteiger partial charge in [0.05, 0.1) is 59.7 Å². The zero-order valence-corrected chi connectivity index (χ0v) is 27.4. The molecule has 1 spiro atoms. The second kappa shape index (κ2) is 10.4. The topological polar surface area (TPSA) is 114 Å². The van der Waals surface area contributed by atoms with Gasteiger partial charge in [-0.15, -0.1) is 0 Å². The molecule has 12 nitrogen and oxygen atoms in total. The van der Waals surface area contributed by atoms with Crippen molar-refractivity contribution >= 4 is 17.6 Å². The molecule has 1 aliphatic carbocycles. The van der Waals surface area contributed by atoms with Crippen molar-refractivity contribution in [2.45, 2.75) is 43.2 Å². The fraction of sp³-hybridized carbons (Fsp3) is 0.529. The maximum absolute atomic E-state index is 14.7. The molecule has 2 aromatic carbocycles. The van der Waals surface area contributed by atoms with Crippen LogP contribution in [0.15, 0.2) is 35.9 Å². The van der Waals surface area contributed by atoms with Gasteiger partial charge in [-0.1, -0.05) is 11.6 Å². The quantitative estimate of drug-likeness (QED) is 0.296. The van der Waals surface area contributed by atoms with Gasteiger partial charge in [0.25, 0.3) is 0 Å². The van der Waals surface area contributed by atoms with E-state index in [2.05, 4.69) is 15.9 Å². The van der Waals surface area contributed by atoms with E-state index in [9.17, 15) is 9.59 Å². The monoisotopic (exact) mass is 636 g/mol. The highest BCUT2D eigenvalue weighted by Crippen LogP contribution is 2.78. The molecule has 6 atom stereocenters. The number of likely N-dealkylation sites (N-methyl/N-ethyl adjacent to an activating group) is 1. The molecule has 3 saturated heterocycles. The molecule has 0 N–H and O–H groups in total. The zero-order chi connectivity index (χ0) is 32.8. The minimum atomic E-state index is -1.35. The first-order valence-corrected chi connectivity index (χ1v) is 15.3. The van der Waals surface area contributed by atoms with Gasteiger partial charge in [-0.25, -0.2) is 4.79 Å². The second-order valence-corrected chi connectivity index (χ2v) is 12.5. The van der Waals surface area contributed by atoms with E-state index in [4.69, 9.17) is 37.9 Å². The molecular formula is C34H40N2O10. The van der Waals surface area contributed by atoms with E-state index in [0.29, 0.717) is 48.1 Å². The van der Waals surface area contributed by atoms with Gasteiger partial charge in [0.1, 0.15) is 18.2 Å². The van der Waals surface area contributed by atoms with E-state index in [0.717, 1.165) is 16.8 Å². The van der Waals surface area contributed by atoms with Gasteiger partial charge in [0.15, 0.2) is 28.7 Å². The molecule has 7 rings (SSSR count). The summed E-state index contributed by atoms with van der Waals surface area (Å²) in [6.45, 7) is 2.39. The number of benzene rings is 2. The molecule has 4 bridgehead atoms. The lowest BCUT2D eigenvalue weighted by Gasteiger charge is -2.65. The molecule has 4 aliphatic heterocycles. The summed E-state index contributed by atoms with van der Waals surface area (Å²) < 4.78 is 47.0. The maximum Gasteiger partial charge on any atom is 0.338 e. The maximum atomic E-state index is 14.7. The highest BCUT2D eigenvalue weighted by Gasteiger charge is 2.88. The molecule has 1 saturated carbocycles. The molecule has 0 unspecified atom stereocenters. The van der Waals surface area contributed by atoms with Crippen LogP contribution < -0.4 is 28.6 Å². The first-order valence-electron chi connectivity index (χ1n) is 15.3. The van der Waals surface area contributed by atoms with E-state index in [-0.39, 0.29) is 30.4 Å².